The van der Waals surface area contributed by atoms with Crippen LogP contribution in [0.2, 0.25) is 0 Å². The lowest BCUT2D eigenvalue weighted by molar-refractivity contribution is 0.142. The highest BCUT2D eigenvalue weighted by Crippen LogP contribution is 2.39. The molecular formula is C16H25NO. The molecule has 1 aromatic carbocycles. The zero-order valence-electron chi connectivity index (χ0n) is 11.4. The molecule has 1 saturated carbocycles. The maximum atomic E-state index is 6.34. The van der Waals surface area contributed by atoms with Gasteiger partial charge in [-0.1, -0.05) is 30.7 Å². The van der Waals surface area contributed by atoms with E-state index in [1.807, 2.05) is 6.92 Å². The second-order valence-electron chi connectivity index (χ2n) is 5.20. The van der Waals surface area contributed by atoms with Crippen molar-refractivity contribution in [2.45, 2.75) is 51.0 Å². The van der Waals surface area contributed by atoms with Gasteiger partial charge in [0.05, 0.1) is 0 Å². The van der Waals surface area contributed by atoms with Gasteiger partial charge >= 0.3 is 0 Å². The number of hydrogen-bond acceptors (Lipinski definition) is 2. The van der Waals surface area contributed by atoms with Crippen molar-refractivity contribution in [1.29, 1.82) is 0 Å². The normalized spacial score (nSPS) is 17.4. The Balaban J connectivity index is 1.93. The van der Waals surface area contributed by atoms with E-state index in [-0.39, 0.29) is 6.04 Å². The first-order chi connectivity index (χ1) is 8.83. The van der Waals surface area contributed by atoms with E-state index in [4.69, 9.17) is 10.5 Å². The Labute approximate surface area is 111 Å². The van der Waals surface area contributed by atoms with E-state index in [0.717, 1.165) is 32.0 Å². The molecule has 1 atom stereocenters. The Kier molecular flexibility index (Phi) is 5.21. The third-order valence-corrected chi connectivity index (χ3v) is 3.95. The largest absolute Gasteiger partial charge is 0.382 e. The van der Waals surface area contributed by atoms with Crippen molar-refractivity contribution < 1.29 is 4.74 Å². The minimum Gasteiger partial charge on any atom is -0.382 e. The Hall–Kier alpha value is -0.860. The molecule has 1 unspecified atom stereocenters. The molecule has 0 bridgehead atoms. The van der Waals surface area contributed by atoms with Crippen LogP contribution in [0, 0.1) is 0 Å². The fourth-order valence-corrected chi connectivity index (χ4v) is 2.64. The number of ether oxygens (including phenoxy) is 1. The molecule has 0 spiro atoms. The molecule has 1 aromatic rings. The van der Waals surface area contributed by atoms with Gasteiger partial charge in [0.2, 0.25) is 0 Å². The second kappa shape index (κ2) is 6.91. The van der Waals surface area contributed by atoms with Gasteiger partial charge in [0.1, 0.15) is 0 Å². The minimum absolute atomic E-state index is 0.169. The van der Waals surface area contributed by atoms with Crippen LogP contribution in [0.15, 0.2) is 24.3 Å². The third-order valence-electron chi connectivity index (χ3n) is 3.95. The van der Waals surface area contributed by atoms with E-state index in [2.05, 4.69) is 24.3 Å². The summed E-state index contributed by atoms with van der Waals surface area (Å²) in [6.07, 6.45) is 6.11. The van der Waals surface area contributed by atoms with Gasteiger partial charge in [-0.3, -0.25) is 0 Å². The summed E-state index contributed by atoms with van der Waals surface area (Å²) in [5.74, 6) is 0.763. The molecule has 18 heavy (non-hydrogen) atoms. The molecule has 0 aromatic heterocycles. The second-order valence-corrected chi connectivity index (χ2v) is 5.20. The molecule has 0 saturated heterocycles. The highest BCUT2D eigenvalue weighted by Gasteiger charge is 2.23. The van der Waals surface area contributed by atoms with E-state index in [0.29, 0.717) is 0 Å². The number of nitrogens with two attached hydrogens (primary N) is 1. The molecule has 2 nitrogen and oxygen atoms in total. The summed E-state index contributed by atoms with van der Waals surface area (Å²) >= 11 is 0. The molecule has 0 heterocycles. The van der Waals surface area contributed by atoms with Gasteiger partial charge < -0.3 is 10.5 Å². The van der Waals surface area contributed by atoms with Crippen LogP contribution in [0.3, 0.4) is 0 Å². The summed E-state index contributed by atoms with van der Waals surface area (Å²) in [6.45, 7) is 3.66. The van der Waals surface area contributed by atoms with Crippen molar-refractivity contribution in [2.75, 3.05) is 13.2 Å². The van der Waals surface area contributed by atoms with Crippen LogP contribution in [-0.2, 0) is 4.74 Å². The van der Waals surface area contributed by atoms with Crippen molar-refractivity contribution in [3.05, 3.63) is 35.4 Å². The molecule has 2 rings (SSSR count). The van der Waals surface area contributed by atoms with Crippen LogP contribution < -0.4 is 5.73 Å². The average molecular weight is 247 g/mol. The van der Waals surface area contributed by atoms with Gasteiger partial charge in [-0.05, 0) is 49.7 Å². The molecule has 0 amide bonds. The number of hydrogen-bond donors (Lipinski definition) is 1. The molecule has 1 aliphatic rings. The maximum Gasteiger partial charge on any atom is 0.0466 e. The van der Waals surface area contributed by atoms with Gasteiger partial charge in [-0.2, -0.15) is 0 Å². The lowest BCUT2D eigenvalue weighted by atomic mass is 9.77. The highest BCUT2D eigenvalue weighted by atomic mass is 16.5. The Bertz CT molecular complexity index is 360. The zero-order chi connectivity index (χ0) is 12.8. The predicted molar refractivity (Wildman–Crippen MR) is 75.7 cm³/mol. The summed E-state index contributed by atoms with van der Waals surface area (Å²) in [5.41, 5.74) is 9.19. The predicted octanol–water partition coefficient (Wildman–Crippen LogP) is 3.77. The summed E-state index contributed by atoms with van der Waals surface area (Å²) in [7, 11) is 0. The average Bonchev–Trinajstić information content (AvgIpc) is 2.33. The maximum absolute atomic E-state index is 6.34. The topological polar surface area (TPSA) is 35.2 Å². The first-order valence-corrected chi connectivity index (χ1v) is 7.25. The smallest absolute Gasteiger partial charge is 0.0466 e. The van der Waals surface area contributed by atoms with Crippen LogP contribution in [0.4, 0.5) is 0 Å². The molecule has 2 N–H and O–H groups in total. The van der Waals surface area contributed by atoms with E-state index >= 15 is 0 Å². The standard InChI is InChI=1S/C16H25NO/c1-2-18-12-6-11-16(17)15-10-4-3-9-14(15)13-7-5-8-13/h3-4,9-10,13,16H,2,5-8,11-12,17H2,1H3. The summed E-state index contributed by atoms with van der Waals surface area (Å²) < 4.78 is 5.37. The molecule has 1 fully saturated rings. The number of benzene rings is 1. The van der Waals surface area contributed by atoms with Crippen LogP contribution >= 0.6 is 0 Å². The summed E-state index contributed by atoms with van der Waals surface area (Å²) in [6, 6.07) is 8.90. The van der Waals surface area contributed by atoms with E-state index in [1.54, 1.807) is 0 Å². The Morgan fingerprint density at radius 3 is 2.78 bits per heavy atom. The van der Waals surface area contributed by atoms with E-state index < -0.39 is 0 Å². The first kappa shape index (κ1) is 13.6. The van der Waals surface area contributed by atoms with Crippen molar-refractivity contribution >= 4 is 0 Å². The van der Waals surface area contributed by atoms with Crippen LogP contribution in [0.25, 0.3) is 0 Å². The number of rotatable bonds is 7. The molecule has 0 aliphatic heterocycles. The van der Waals surface area contributed by atoms with Gasteiger partial charge in [0.25, 0.3) is 0 Å². The SMILES string of the molecule is CCOCCCC(N)c1ccccc1C1CCC1. The molecule has 100 valence electrons. The lowest BCUT2D eigenvalue weighted by Gasteiger charge is -2.29. The lowest BCUT2D eigenvalue weighted by Crippen LogP contribution is -2.17. The monoisotopic (exact) mass is 247 g/mol. The minimum atomic E-state index is 0.169. The summed E-state index contributed by atoms with van der Waals surface area (Å²) in [5, 5.41) is 0. The zero-order valence-corrected chi connectivity index (χ0v) is 11.4. The van der Waals surface area contributed by atoms with Crippen molar-refractivity contribution in [3.8, 4) is 0 Å². The van der Waals surface area contributed by atoms with Crippen molar-refractivity contribution in [3.63, 3.8) is 0 Å². The van der Waals surface area contributed by atoms with E-state index in [1.165, 1.54) is 30.4 Å². The molecule has 2 heteroatoms. The van der Waals surface area contributed by atoms with Crippen LogP contribution in [0.1, 0.15) is 62.1 Å². The Morgan fingerprint density at radius 2 is 2.11 bits per heavy atom. The van der Waals surface area contributed by atoms with E-state index in [9.17, 15) is 0 Å². The molecule has 0 radical (unpaired) electrons. The van der Waals surface area contributed by atoms with Crippen LogP contribution in [0.5, 0.6) is 0 Å². The highest BCUT2D eigenvalue weighted by molar-refractivity contribution is 5.33. The van der Waals surface area contributed by atoms with Crippen LogP contribution in [-0.4, -0.2) is 13.2 Å². The van der Waals surface area contributed by atoms with Gasteiger partial charge in [-0.25, -0.2) is 0 Å². The quantitative estimate of drug-likeness (QED) is 0.744. The Morgan fingerprint density at radius 1 is 1.33 bits per heavy atom. The van der Waals surface area contributed by atoms with Crippen molar-refractivity contribution in [2.24, 2.45) is 5.73 Å². The van der Waals surface area contributed by atoms with Gasteiger partial charge in [0.15, 0.2) is 0 Å². The van der Waals surface area contributed by atoms with Crippen molar-refractivity contribution in [1.82, 2.24) is 0 Å². The van der Waals surface area contributed by atoms with Gasteiger partial charge in [-0.15, -0.1) is 0 Å². The fourth-order valence-electron chi connectivity index (χ4n) is 2.64. The molecular weight excluding hydrogens is 222 g/mol. The first-order valence-electron chi connectivity index (χ1n) is 7.25. The summed E-state index contributed by atoms with van der Waals surface area (Å²) in [4.78, 5) is 0. The fraction of sp³-hybridized carbons (Fsp3) is 0.625. The van der Waals surface area contributed by atoms with Gasteiger partial charge in [0, 0.05) is 19.3 Å². The third kappa shape index (κ3) is 3.33. The molecule has 1 aliphatic carbocycles.